The first kappa shape index (κ1) is 16.2. The molecule has 0 spiro atoms. The van der Waals surface area contributed by atoms with E-state index in [4.69, 9.17) is 14.2 Å². The number of nitro benzene ring substituents is 1. The minimum Gasteiger partial charge on any atom is -0.496 e. The van der Waals surface area contributed by atoms with Crippen molar-refractivity contribution in [1.29, 1.82) is 0 Å². The number of rotatable bonds is 6. The van der Waals surface area contributed by atoms with Crippen molar-refractivity contribution in [3.05, 3.63) is 58.4 Å². The van der Waals surface area contributed by atoms with Crippen LogP contribution in [0.25, 0.3) is 0 Å². The first-order valence-electron chi connectivity index (χ1n) is 6.41. The molecule has 8 heteroatoms. The first-order chi connectivity index (χ1) is 11.0. The fourth-order valence-electron chi connectivity index (χ4n) is 1.70. The molecule has 0 saturated carbocycles. The molecule has 2 rings (SSSR count). The van der Waals surface area contributed by atoms with Crippen molar-refractivity contribution < 1.29 is 28.3 Å². The Labute approximate surface area is 130 Å². The Morgan fingerprint density at radius 1 is 1.22 bits per heavy atom. The van der Waals surface area contributed by atoms with Crippen molar-refractivity contribution in [3.8, 4) is 17.2 Å². The zero-order chi connectivity index (χ0) is 16.8. The molecule has 0 bridgehead atoms. The van der Waals surface area contributed by atoms with E-state index in [2.05, 4.69) is 0 Å². The summed E-state index contributed by atoms with van der Waals surface area (Å²) >= 11 is 0. The maximum atomic E-state index is 13.0. The number of hydrogen-bond acceptors (Lipinski definition) is 6. The Bertz CT molecular complexity index is 734. The van der Waals surface area contributed by atoms with Gasteiger partial charge in [0.05, 0.1) is 18.1 Å². The SMILES string of the molecule is COc1ccc(OC(=O)COc2cccc(F)c2)c([N+](=O)[O-])c1. The lowest BCUT2D eigenvalue weighted by molar-refractivity contribution is -0.385. The topological polar surface area (TPSA) is 87.9 Å². The van der Waals surface area contributed by atoms with Crippen LogP contribution in [0.15, 0.2) is 42.5 Å². The van der Waals surface area contributed by atoms with Gasteiger partial charge in [0.2, 0.25) is 5.75 Å². The molecule has 2 aromatic rings. The van der Waals surface area contributed by atoms with Crippen LogP contribution < -0.4 is 14.2 Å². The van der Waals surface area contributed by atoms with Crippen molar-refractivity contribution in [2.75, 3.05) is 13.7 Å². The third kappa shape index (κ3) is 4.40. The van der Waals surface area contributed by atoms with Crippen LogP contribution in [0.3, 0.4) is 0 Å². The highest BCUT2D eigenvalue weighted by atomic mass is 19.1. The summed E-state index contributed by atoms with van der Waals surface area (Å²) in [5.74, 6) is -1.20. The lowest BCUT2D eigenvalue weighted by Gasteiger charge is -2.08. The number of ether oxygens (including phenoxy) is 3. The van der Waals surface area contributed by atoms with E-state index in [1.54, 1.807) is 0 Å². The van der Waals surface area contributed by atoms with Crippen molar-refractivity contribution in [2.24, 2.45) is 0 Å². The molecule has 0 heterocycles. The predicted octanol–water partition coefficient (Wildman–Crippen LogP) is 2.73. The van der Waals surface area contributed by atoms with E-state index in [0.29, 0.717) is 0 Å². The van der Waals surface area contributed by atoms with Gasteiger partial charge < -0.3 is 14.2 Å². The molecule has 0 aliphatic heterocycles. The van der Waals surface area contributed by atoms with Crippen LogP contribution in [0.5, 0.6) is 17.2 Å². The summed E-state index contributed by atoms with van der Waals surface area (Å²) in [4.78, 5) is 22.0. The van der Waals surface area contributed by atoms with Crippen LogP contribution in [0.4, 0.5) is 10.1 Å². The van der Waals surface area contributed by atoms with Gasteiger partial charge in [-0.15, -0.1) is 0 Å². The molecular formula is C15H12FNO6. The van der Waals surface area contributed by atoms with Crippen LogP contribution in [0.1, 0.15) is 0 Å². The number of nitrogens with zero attached hydrogens (tertiary/aromatic N) is 1. The van der Waals surface area contributed by atoms with Gasteiger partial charge in [-0.1, -0.05) is 6.07 Å². The van der Waals surface area contributed by atoms with Gasteiger partial charge in [0.15, 0.2) is 6.61 Å². The highest BCUT2D eigenvalue weighted by Crippen LogP contribution is 2.31. The maximum Gasteiger partial charge on any atom is 0.349 e. The zero-order valence-corrected chi connectivity index (χ0v) is 12.0. The quantitative estimate of drug-likeness (QED) is 0.352. The lowest BCUT2D eigenvalue weighted by Crippen LogP contribution is -2.18. The minimum atomic E-state index is -0.859. The van der Waals surface area contributed by atoms with Crippen LogP contribution in [-0.4, -0.2) is 24.6 Å². The second-order valence-electron chi connectivity index (χ2n) is 4.31. The summed E-state index contributed by atoms with van der Waals surface area (Å²) in [6.45, 7) is -0.521. The number of esters is 1. The molecule has 0 N–H and O–H groups in total. The molecule has 0 radical (unpaired) electrons. The number of carbonyl (C=O) groups excluding carboxylic acids is 1. The normalized spacial score (nSPS) is 10.0. The van der Waals surface area contributed by atoms with E-state index in [1.807, 2.05) is 0 Å². The van der Waals surface area contributed by atoms with Crippen LogP contribution in [0.2, 0.25) is 0 Å². The number of carbonyl (C=O) groups is 1. The van der Waals surface area contributed by atoms with Gasteiger partial charge >= 0.3 is 11.7 Å². The van der Waals surface area contributed by atoms with Crippen molar-refractivity contribution in [3.63, 3.8) is 0 Å². The summed E-state index contributed by atoms with van der Waals surface area (Å²) in [6, 6.07) is 9.02. The van der Waals surface area contributed by atoms with E-state index >= 15 is 0 Å². The van der Waals surface area contributed by atoms with Gasteiger partial charge in [-0.25, -0.2) is 9.18 Å². The Balaban J connectivity index is 2.04. The highest BCUT2D eigenvalue weighted by Gasteiger charge is 2.19. The highest BCUT2D eigenvalue weighted by molar-refractivity contribution is 5.75. The standard InChI is InChI=1S/C15H12FNO6/c1-21-11-5-6-14(13(8-11)17(19)20)23-15(18)9-22-12-4-2-3-10(16)7-12/h2-8H,9H2,1H3. The molecule has 0 amide bonds. The van der Waals surface area contributed by atoms with Gasteiger partial charge in [-0.2, -0.15) is 0 Å². The van der Waals surface area contributed by atoms with Crippen molar-refractivity contribution in [2.45, 2.75) is 0 Å². The summed E-state index contributed by atoms with van der Waals surface area (Å²) < 4.78 is 27.8. The molecule has 0 aliphatic carbocycles. The largest absolute Gasteiger partial charge is 0.496 e. The minimum absolute atomic E-state index is 0.145. The third-order valence-corrected chi connectivity index (χ3v) is 2.74. The number of nitro groups is 1. The molecule has 0 aromatic heterocycles. The second-order valence-corrected chi connectivity index (χ2v) is 4.31. The molecule has 7 nitrogen and oxygen atoms in total. The van der Waals surface area contributed by atoms with Crippen LogP contribution in [0, 0.1) is 15.9 Å². The molecule has 0 atom stereocenters. The van der Waals surface area contributed by atoms with Crippen LogP contribution >= 0.6 is 0 Å². The smallest absolute Gasteiger partial charge is 0.349 e. The average molecular weight is 321 g/mol. The molecule has 0 unspecified atom stereocenters. The fourth-order valence-corrected chi connectivity index (χ4v) is 1.70. The molecule has 120 valence electrons. The number of methoxy groups -OCH3 is 1. The summed E-state index contributed by atoms with van der Waals surface area (Å²) in [7, 11) is 1.36. The molecule has 23 heavy (non-hydrogen) atoms. The summed E-state index contributed by atoms with van der Waals surface area (Å²) in [5.41, 5.74) is -0.413. The monoisotopic (exact) mass is 321 g/mol. The van der Waals surface area contributed by atoms with Gasteiger partial charge in [0.1, 0.15) is 17.3 Å². The molecule has 2 aromatic carbocycles. The van der Waals surface area contributed by atoms with E-state index in [1.165, 1.54) is 37.4 Å². The van der Waals surface area contributed by atoms with Gasteiger partial charge in [-0.3, -0.25) is 10.1 Å². The third-order valence-electron chi connectivity index (χ3n) is 2.74. The van der Waals surface area contributed by atoms with Crippen LogP contribution in [-0.2, 0) is 4.79 Å². The van der Waals surface area contributed by atoms with Gasteiger partial charge in [0.25, 0.3) is 0 Å². The van der Waals surface area contributed by atoms with Gasteiger partial charge in [0, 0.05) is 6.07 Å². The second kappa shape index (κ2) is 7.21. The van der Waals surface area contributed by atoms with E-state index in [0.717, 1.165) is 12.1 Å². The predicted molar refractivity (Wildman–Crippen MR) is 77.2 cm³/mol. The molecule has 0 fully saturated rings. The Hall–Kier alpha value is -3.16. The lowest BCUT2D eigenvalue weighted by atomic mass is 10.3. The summed E-state index contributed by atoms with van der Waals surface area (Å²) in [6.07, 6.45) is 0. The zero-order valence-electron chi connectivity index (χ0n) is 12.0. The molecular weight excluding hydrogens is 309 g/mol. The Morgan fingerprint density at radius 2 is 2.00 bits per heavy atom. The van der Waals surface area contributed by atoms with Crippen molar-refractivity contribution >= 4 is 11.7 Å². The first-order valence-corrected chi connectivity index (χ1v) is 6.41. The Morgan fingerprint density at radius 3 is 2.65 bits per heavy atom. The maximum absolute atomic E-state index is 13.0. The number of hydrogen-bond donors (Lipinski definition) is 0. The van der Waals surface area contributed by atoms with E-state index in [9.17, 15) is 19.3 Å². The number of halogens is 1. The van der Waals surface area contributed by atoms with E-state index < -0.39 is 29.0 Å². The molecule has 0 aliphatic rings. The number of benzene rings is 2. The Kier molecular flexibility index (Phi) is 5.08. The van der Waals surface area contributed by atoms with E-state index in [-0.39, 0.29) is 17.2 Å². The average Bonchev–Trinajstić information content (AvgIpc) is 2.53. The van der Waals surface area contributed by atoms with Gasteiger partial charge in [-0.05, 0) is 24.3 Å². The summed E-state index contributed by atoms with van der Waals surface area (Å²) in [5, 5.41) is 11.0. The van der Waals surface area contributed by atoms with Crippen molar-refractivity contribution in [1.82, 2.24) is 0 Å². The molecule has 0 saturated heterocycles. The fraction of sp³-hybridized carbons (Fsp3) is 0.133.